The van der Waals surface area contributed by atoms with Crippen molar-refractivity contribution in [3.8, 4) is 0 Å². The first-order chi connectivity index (χ1) is 6.09. The first-order valence-electron chi connectivity index (χ1n) is 3.99. The summed E-state index contributed by atoms with van der Waals surface area (Å²) in [6.07, 6.45) is 1.66. The third-order valence-electron chi connectivity index (χ3n) is 1.54. The average molecular weight is 176 g/mol. The molecule has 0 saturated carbocycles. The lowest BCUT2D eigenvalue weighted by atomic mass is 10.3. The van der Waals surface area contributed by atoms with E-state index in [1.54, 1.807) is 25.3 Å². The number of aromatic nitrogens is 1. The number of pyridine rings is 1. The van der Waals surface area contributed by atoms with Gasteiger partial charge in [-0.3, -0.25) is 9.78 Å². The molecule has 0 aromatic carbocycles. The van der Waals surface area contributed by atoms with Crippen molar-refractivity contribution >= 4 is 11.6 Å². The van der Waals surface area contributed by atoms with Gasteiger partial charge in [-0.05, 0) is 26.0 Å². The Morgan fingerprint density at radius 1 is 1.62 bits per heavy atom. The molecule has 1 amide bonds. The number of anilines is 1. The molecular weight excluding hydrogens is 164 g/mol. The molecule has 0 unspecified atom stereocenters. The Balaban J connectivity index is 2.75. The molecule has 0 aliphatic rings. The Morgan fingerprint density at radius 2 is 2.31 bits per heavy atom. The van der Waals surface area contributed by atoms with E-state index in [-0.39, 0.29) is 5.91 Å². The highest BCUT2D eigenvalue weighted by Crippen LogP contribution is 2.07. The van der Waals surface area contributed by atoms with E-state index in [2.05, 4.69) is 16.9 Å². The molecule has 13 heavy (non-hydrogen) atoms. The van der Waals surface area contributed by atoms with E-state index in [1.165, 1.54) is 0 Å². The Kier molecular flexibility index (Phi) is 2.80. The van der Waals surface area contributed by atoms with Crippen molar-refractivity contribution < 1.29 is 4.79 Å². The lowest BCUT2D eigenvalue weighted by Gasteiger charge is -2.04. The van der Waals surface area contributed by atoms with E-state index in [4.69, 9.17) is 0 Å². The molecule has 0 bridgehead atoms. The first-order valence-corrected chi connectivity index (χ1v) is 3.99. The maximum absolute atomic E-state index is 11.2. The third kappa shape index (κ3) is 2.71. The highest BCUT2D eigenvalue weighted by molar-refractivity contribution is 6.02. The fraction of sp³-hybridized carbons (Fsp3) is 0.200. The van der Waals surface area contributed by atoms with Gasteiger partial charge in [0, 0.05) is 23.2 Å². The third-order valence-corrected chi connectivity index (χ3v) is 1.54. The molecule has 0 saturated heterocycles. The van der Waals surface area contributed by atoms with Crippen LogP contribution in [0.1, 0.15) is 12.6 Å². The van der Waals surface area contributed by atoms with Crippen molar-refractivity contribution in [1.82, 2.24) is 4.98 Å². The van der Waals surface area contributed by atoms with Gasteiger partial charge in [0.25, 0.3) is 5.91 Å². The molecule has 3 heteroatoms. The summed E-state index contributed by atoms with van der Waals surface area (Å²) in [5.74, 6) is -0.161. The van der Waals surface area contributed by atoms with Crippen molar-refractivity contribution in [2.45, 2.75) is 13.8 Å². The first kappa shape index (κ1) is 9.45. The minimum absolute atomic E-state index is 0.161. The van der Waals surface area contributed by atoms with Gasteiger partial charge in [0.1, 0.15) is 0 Å². The van der Waals surface area contributed by atoms with Crippen molar-refractivity contribution in [3.63, 3.8) is 0 Å². The monoisotopic (exact) mass is 176 g/mol. The van der Waals surface area contributed by atoms with Crippen molar-refractivity contribution in [2.24, 2.45) is 0 Å². The average Bonchev–Trinajstić information content (AvgIpc) is 2.04. The minimum atomic E-state index is -0.161. The lowest BCUT2D eigenvalue weighted by molar-refractivity contribution is -0.112. The zero-order valence-corrected chi connectivity index (χ0v) is 7.79. The largest absolute Gasteiger partial charge is 0.322 e. The van der Waals surface area contributed by atoms with Crippen LogP contribution in [0.5, 0.6) is 0 Å². The van der Waals surface area contributed by atoms with Gasteiger partial charge in [0.2, 0.25) is 0 Å². The van der Waals surface area contributed by atoms with E-state index < -0.39 is 0 Å². The van der Waals surface area contributed by atoms with Crippen molar-refractivity contribution in [3.05, 3.63) is 36.2 Å². The summed E-state index contributed by atoms with van der Waals surface area (Å²) in [6, 6.07) is 3.55. The van der Waals surface area contributed by atoms with Gasteiger partial charge in [-0.25, -0.2) is 0 Å². The predicted octanol–water partition coefficient (Wildman–Crippen LogP) is 1.90. The molecule has 0 fully saturated rings. The van der Waals surface area contributed by atoms with Gasteiger partial charge in [0.15, 0.2) is 0 Å². The van der Waals surface area contributed by atoms with E-state index in [1.807, 2.05) is 6.92 Å². The molecular formula is C10H12N2O. The number of hydrogen-bond donors (Lipinski definition) is 1. The SMILES string of the molecule is C=C(C)C(=O)Nc1ccnc(C)c1. The van der Waals surface area contributed by atoms with Gasteiger partial charge >= 0.3 is 0 Å². The summed E-state index contributed by atoms with van der Waals surface area (Å²) in [6.45, 7) is 7.09. The van der Waals surface area contributed by atoms with E-state index in [9.17, 15) is 4.79 Å². The highest BCUT2D eigenvalue weighted by Gasteiger charge is 2.01. The Morgan fingerprint density at radius 3 is 2.85 bits per heavy atom. The number of aryl methyl sites for hydroxylation is 1. The van der Waals surface area contributed by atoms with Crippen molar-refractivity contribution in [1.29, 1.82) is 0 Å². The van der Waals surface area contributed by atoms with Crippen LogP contribution in [-0.4, -0.2) is 10.9 Å². The van der Waals surface area contributed by atoms with Gasteiger partial charge in [-0.15, -0.1) is 0 Å². The van der Waals surface area contributed by atoms with Crippen LogP contribution in [0.15, 0.2) is 30.5 Å². The second-order valence-corrected chi connectivity index (χ2v) is 2.92. The molecule has 1 N–H and O–H groups in total. The number of amides is 1. The topological polar surface area (TPSA) is 42.0 Å². The zero-order valence-electron chi connectivity index (χ0n) is 7.79. The number of carbonyl (C=O) groups is 1. The Hall–Kier alpha value is -1.64. The molecule has 0 atom stereocenters. The molecule has 1 rings (SSSR count). The number of rotatable bonds is 2. The maximum Gasteiger partial charge on any atom is 0.250 e. The van der Waals surface area contributed by atoms with Gasteiger partial charge in [-0.2, -0.15) is 0 Å². The fourth-order valence-electron chi connectivity index (χ4n) is 0.861. The van der Waals surface area contributed by atoms with Crippen LogP contribution in [0, 0.1) is 6.92 Å². The number of nitrogens with zero attached hydrogens (tertiary/aromatic N) is 1. The number of nitrogens with one attached hydrogen (secondary N) is 1. The molecule has 0 radical (unpaired) electrons. The highest BCUT2D eigenvalue weighted by atomic mass is 16.1. The van der Waals surface area contributed by atoms with Gasteiger partial charge < -0.3 is 5.32 Å². The molecule has 0 aliphatic carbocycles. The standard InChI is InChI=1S/C10H12N2O/c1-7(2)10(13)12-9-4-5-11-8(3)6-9/h4-6H,1H2,2-3H3,(H,11,12,13). The van der Waals surface area contributed by atoms with Crippen LogP contribution < -0.4 is 5.32 Å². The summed E-state index contributed by atoms with van der Waals surface area (Å²) in [5.41, 5.74) is 2.12. The second-order valence-electron chi connectivity index (χ2n) is 2.92. The summed E-state index contributed by atoms with van der Waals surface area (Å²) in [7, 11) is 0. The maximum atomic E-state index is 11.2. The molecule has 0 spiro atoms. The van der Waals surface area contributed by atoms with Gasteiger partial charge in [0.05, 0.1) is 0 Å². The van der Waals surface area contributed by atoms with Crippen LogP contribution >= 0.6 is 0 Å². The van der Waals surface area contributed by atoms with Crippen LogP contribution in [0.4, 0.5) is 5.69 Å². The molecule has 0 aliphatic heterocycles. The smallest absolute Gasteiger partial charge is 0.250 e. The summed E-state index contributed by atoms with van der Waals surface area (Å²) in [4.78, 5) is 15.2. The second kappa shape index (κ2) is 3.85. The van der Waals surface area contributed by atoms with Gasteiger partial charge in [-0.1, -0.05) is 6.58 Å². The van der Waals surface area contributed by atoms with Crippen LogP contribution in [-0.2, 0) is 4.79 Å². The number of hydrogen-bond acceptors (Lipinski definition) is 2. The van der Waals surface area contributed by atoms with Crippen LogP contribution in [0.25, 0.3) is 0 Å². The summed E-state index contributed by atoms with van der Waals surface area (Å²) < 4.78 is 0. The summed E-state index contributed by atoms with van der Waals surface area (Å²) >= 11 is 0. The lowest BCUT2D eigenvalue weighted by Crippen LogP contribution is -2.11. The molecule has 3 nitrogen and oxygen atoms in total. The van der Waals surface area contributed by atoms with Crippen LogP contribution in [0.2, 0.25) is 0 Å². The quantitative estimate of drug-likeness (QED) is 0.699. The normalized spacial score (nSPS) is 9.38. The molecule has 1 heterocycles. The Bertz CT molecular complexity index is 345. The molecule has 1 aromatic rings. The van der Waals surface area contributed by atoms with Crippen LogP contribution in [0.3, 0.4) is 0 Å². The number of carbonyl (C=O) groups excluding carboxylic acids is 1. The predicted molar refractivity (Wildman–Crippen MR) is 52.4 cm³/mol. The fourth-order valence-corrected chi connectivity index (χ4v) is 0.861. The van der Waals surface area contributed by atoms with E-state index >= 15 is 0 Å². The van der Waals surface area contributed by atoms with E-state index in [0.29, 0.717) is 5.57 Å². The molecule has 1 aromatic heterocycles. The molecule has 68 valence electrons. The van der Waals surface area contributed by atoms with E-state index in [0.717, 1.165) is 11.4 Å². The zero-order chi connectivity index (χ0) is 9.84. The minimum Gasteiger partial charge on any atom is -0.322 e. The Labute approximate surface area is 77.5 Å². The summed E-state index contributed by atoms with van der Waals surface area (Å²) in [5, 5.41) is 2.70. The van der Waals surface area contributed by atoms with Crippen molar-refractivity contribution in [2.75, 3.05) is 5.32 Å².